The van der Waals surface area contributed by atoms with Crippen LogP contribution >= 0.6 is 0 Å². The summed E-state index contributed by atoms with van der Waals surface area (Å²) in [4.78, 5) is 33.1. The van der Waals surface area contributed by atoms with Gasteiger partial charge < -0.3 is 14.4 Å². The van der Waals surface area contributed by atoms with Crippen LogP contribution < -0.4 is 0 Å². The number of halogens is 3. The van der Waals surface area contributed by atoms with Crippen molar-refractivity contribution in [1.29, 1.82) is 0 Å². The number of carboxylic acid groups (broad SMARTS) is 1. The van der Waals surface area contributed by atoms with Crippen molar-refractivity contribution in [2.75, 3.05) is 6.54 Å². The van der Waals surface area contributed by atoms with Crippen molar-refractivity contribution in [1.82, 2.24) is 14.9 Å². The molecule has 3 aromatic rings. The summed E-state index contributed by atoms with van der Waals surface area (Å²) in [5, 5.41) is 9.15. The van der Waals surface area contributed by atoms with E-state index in [9.17, 15) is 22.8 Å². The van der Waals surface area contributed by atoms with Gasteiger partial charge in [0.05, 0.1) is 17.8 Å². The molecule has 0 fully saturated rings. The topological polar surface area (TPSA) is 96.5 Å². The molecule has 2 aromatic heterocycles. The molecule has 156 valence electrons. The smallest absolute Gasteiger partial charge is 0.417 e. The van der Waals surface area contributed by atoms with Crippen LogP contribution in [-0.4, -0.2) is 38.4 Å². The Balaban J connectivity index is 1.97. The molecule has 0 saturated carbocycles. The molecule has 7 nitrogen and oxygen atoms in total. The highest BCUT2D eigenvalue weighted by Gasteiger charge is 2.35. The fourth-order valence-corrected chi connectivity index (χ4v) is 2.83. The normalized spacial score (nSPS) is 11.3. The first-order chi connectivity index (χ1) is 14.2. The van der Waals surface area contributed by atoms with Crippen LogP contribution in [0.15, 0.2) is 53.1 Å². The number of aliphatic carboxylic acids is 1. The molecule has 2 heterocycles. The van der Waals surface area contributed by atoms with Crippen molar-refractivity contribution >= 4 is 11.9 Å². The summed E-state index contributed by atoms with van der Waals surface area (Å²) >= 11 is 0. The minimum atomic E-state index is -4.64. The van der Waals surface area contributed by atoms with E-state index < -0.39 is 30.2 Å². The lowest BCUT2D eigenvalue weighted by molar-refractivity contribution is -0.138. The summed E-state index contributed by atoms with van der Waals surface area (Å²) in [5.74, 6) is -2.46. The summed E-state index contributed by atoms with van der Waals surface area (Å²) in [5.41, 5.74) is -1.10. The number of oxazole rings is 1. The highest BCUT2D eigenvalue weighted by atomic mass is 19.4. The van der Waals surface area contributed by atoms with Crippen LogP contribution in [0.25, 0.3) is 11.5 Å². The number of hydrogen-bond acceptors (Lipinski definition) is 5. The standard InChI is InChI=1S/C20H16F3N3O4/c1-12-17(19(29)26(11-16(27)28)10-13-6-4-5-9-24-13)25-18(30-12)14-7-2-3-8-15(14)20(21,22)23/h2-9H,10-11H2,1H3,(H,27,28). The number of carbonyl (C=O) groups excluding carboxylic acids is 1. The Morgan fingerprint density at radius 2 is 1.83 bits per heavy atom. The molecular formula is C20H16F3N3O4. The molecule has 0 atom stereocenters. The van der Waals surface area contributed by atoms with Gasteiger partial charge in [-0.2, -0.15) is 13.2 Å². The molecule has 3 rings (SSSR count). The van der Waals surface area contributed by atoms with Crippen molar-refractivity contribution < 1.29 is 32.3 Å². The molecule has 1 amide bonds. The third-order valence-corrected chi connectivity index (χ3v) is 4.15. The van der Waals surface area contributed by atoms with Crippen molar-refractivity contribution in [2.45, 2.75) is 19.6 Å². The molecular weight excluding hydrogens is 403 g/mol. The zero-order chi connectivity index (χ0) is 21.9. The Bertz CT molecular complexity index is 1060. The van der Waals surface area contributed by atoms with E-state index >= 15 is 0 Å². The van der Waals surface area contributed by atoms with E-state index in [-0.39, 0.29) is 29.5 Å². The van der Waals surface area contributed by atoms with Gasteiger partial charge in [-0.1, -0.05) is 18.2 Å². The number of benzene rings is 1. The van der Waals surface area contributed by atoms with Crippen LogP contribution in [0.1, 0.15) is 27.5 Å². The fourth-order valence-electron chi connectivity index (χ4n) is 2.83. The minimum Gasteiger partial charge on any atom is -0.480 e. The lowest BCUT2D eigenvalue weighted by Gasteiger charge is -2.19. The van der Waals surface area contributed by atoms with Crippen molar-refractivity contribution in [3.8, 4) is 11.5 Å². The molecule has 0 aliphatic heterocycles. The largest absolute Gasteiger partial charge is 0.480 e. The Morgan fingerprint density at radius 1 is 1.13 bits per heavy atom. The van der Waals surface area contributed by atoms with Gasteiger partial charge in [0.1, 0.15) is 12.3 Å². The van der Waals surface area contributed by atoms with Crippen LogP contribution in [0.3, 0.4) is 0 Å². The predicted molar refractivity (Wildman–Crippen MR) is 98.3 cm³/mol. The molecule has 0 radical (unpaired) electrons. The molecule has 0 aliphatic rings. The lowest BCUT2D eigenvalue weighted by atomic mass is 10.1. The Kier molecular flexibility index (Phi) is 5.86. The Labute approximate surface area is 168 Å². The van der Waals surface area contributed by atoms with Gasteiger partial charge in [-0.05, 0) is 31.2 Å². The molecule has 0 unspecified atom stereocenters. The first-order valence-corrected chi connectivity index (χ1v) is 8.72. The molecule has 1 N–H and O–H groups in total. The highest BCUT2D eigenvalue weighted by molar-refractivity contribution is 5.95. The van der Waals surface area contributed by atoms with Crippen LogP contribution in [-0.2, 0) is 17.5 Å². The number of carboxylic acids is 1. The zero-order valence-corrected chi connectivity index (χ0v) is 15.7. The summed E-state index contributed by atoms with van der Waals surface area (Å²) in [7, 11) is 0. The van der Waals surface area contributed by atoms with Crippen LogP contribution in [0, 0.1) is 6.92 Å². The van der Waals surface area contributed by atoms with E-state index in [1.165, 1.54) is 31.3 Å². The maximum absolute atomic E-state index is 13.3. The lowest BCUT2D eigenvalue weighted by Crippen LogP contribution is -2.36. The number of hydrogen-bond donors (Lipinski definition) is 1. The number of rotatable bonds is 6. The second-order valence-corrected chi connectivity index (χ2v) is 6.34. The van der Waals surface area contributed by atoms with Gasteiger partial charge in [-0.3, -0.25) is 14.6 Å². The van der Waals surface area contributed by atoms with Crippen molar-refractivity contribution in [3.05, 3.63) is 71.4 Å². The zero-order valence-electron chi connectivity index (χ0n) is 15.7. The maximum Gasteiger partial charge on any atom is 0.417 e. The number of amides is 1. The van der Waals surface area contributed by atoms with E-state index in [1.54, 1.807) is 18.2 Å². The number of alkyl halides is 3. The third kappa shape index (κ3) is 4.65. The quantitative estimate of drug-likeness (QED) is 0.653. The van der Waals surface area contributed by atoms with Crippen LogP contribution in [0.5, 0.6) is 0 Å². The summed E-state index contributed by atoms with van der Waals surface area (Å²) in [6, 6.07) is 9.65. The second kappa shape index (κ2) is 8.36. The average Bonchev–Trinajstić information content (AvgIpc) is 3.08. The van der Waals surface area contributed by atoms with E-state index in [0.29, 0.717) is 5.69 Å². The number of pyridine rings is 1. The van der Waals surface area contributed by atoms with E-state index in [0.717, 1.165) is 11.0 Å². The molecule has 0 bridgehead atoms. The van der Waals surface area contributed by atoms with Crippen LogP contribution in [0.2, 0.25) is 0 Å². The van der Waals surface area contributed by atoms with Gasteiger partial charge >= 0.3 is 12.1 Å². The van der Waals surface area contributed by atoms with Gasteiger partial charge in [0.15, 0.2) is 5.69 Å². The van der Waals surface area contributed by atoms with Crippen LogP contribution in [0.4, 0.5) is 13.2 Å². The molecule has 30 heavy (non-hydrogen) atoms. The Hall–Kier alpha value is -3.69. The summed E-state index contributed by atoms with van der Waals surface area (Å²) in [6.07, 6.45) is -3.15. The third-order valence-electron chi connectivity index (χ3n) is 4.15. The summed E-state index contributed by atoms with van der Waals surface area (Å²) < 4.78 is 45.2. The average molecular weight is 419 g/mol. The number of aromatic nitrogens is 2. The number of nitrogens with zero attached hydrogens (tertiary/aromatic N) is 3. The van der Waals surface area contributed by atoms with E-state index in [1.807, 2.05) is 0 Å². The second-order valence-electron chi connectivity index (χ2n) is 6.34. The number of carbonyl (C=O) groups is 2. The summed E-state index contributed by atoms with van der Waals surface area (Å²) in [6.45, 7) is 0.614. The molecule has 0 aliphatic carbocycles. The van der Waals surface area contributed by atoms with Crippen molar-refractivity contribution in [2.24, 2.45) is 0 Å². The van der Waals surface area contributed by atoms with Gasteiger partial charge in [0.2, 0.25) is 5.89 Å². The van der Waals surface area contributed by atoms with Gasteiger partial charge in [-0.15, -0.1) is 0 Å². The van der Waals surface area contributed by atoms with Crippen molar-refractivity contribution in [3.63, 3.8) is 0 Å². The molecule has 0 spiro atoms. The highest BCUT2D eigenvalue weighted by Crippen LogP contribution is 2.37. The monoisotopic (exact) mass is 419 g/mol. The van der Waals surface area contributed by atoms with E-state index in [4.69, 9.17) is 9.52 Å². The minimum absolute atomic E-state index is 0.0246. The predicted octanol–water partition coefficient (Wildman–Crippen LogP) is 3.79. The maximum atomic E-state index is 13.3. The fraction of sp³-hybridized carbons (Fsp3) is 0.200. The Morgan fingerprint density at radius 3 is 2.47 bits per heavy atom. The SMILES string of the molecule is Cc1oc(-c2ccccc2C(F)(F)F)nc1C(=O)N(CC(=O)O)Cc1ccccn1. The molecule has 10 heteroatoms. The van der Waals surface area contributed by atoms with Gasteiger partial charge in [0.25, 0.3) is 5.91 Å². The van der Waals surface area contributed by atoms with Gasteiger partial charge in [0, 0.05) is 11.8 Å². The van der Waals surface area contributed by atoms with E-state index in [2.05, 4.69) is 9.97 Å². The molecule has 1 aromatic carbocycles. The number of aryl methyl sites for hydroxylation is 1. The first-order valence-electron chi connectivity index (χ1n) is 8.72. The van der Waals surface area contributed by atoms with Gasteiger partial charge in [-0.25, -0.2) is 4.98 Å². The molecule has 0 saturated heterocycles. The first kappa shape index (κ1) is 21.0.